The molecule has 148 valence electrons. The van der Waals surface area contributed by atoms with Crippen molar-refractivity contribution >= 4 is 39.4 Å². The summed E-state index contributed by atoms with van der Waals surface area (Å²) in [7, 11) is 1.59. The number of non-ortho nitro benzene ring substituents is 1. The van der Waals surface area contributed by atoms with Crippen LogP contribution in [0.1, 0.15) is 5.56 Å². The summed E-state index contributed by atoms with van der Waals surface area (Å²) in [4.78, 5) is 31.4. The van der Waals surface area contributed by atoms with Crippen molar-refractivity contribution in [3.63, 3.8) is 0 Å². The maximum Gasteiger partial charge on any atom is 0.278 e. The number of methoxy groups -OCH3 is 1. The Morgan fingerprint density at radius 2 is 1.97 bits per heavy atom. The minimum atomic E-state index is -0.425. The van der Waals surface area contributed by atoms with E-state index in [-0.39, 0.29) is 11.2 Å². The molecule has 0 spiro atoms. The number of para-hydroxylation sites is 1. The van der Waals surface area contributed by atoms with Gasteiger partial charge in [-0.2, -0.15) is 0 Å². The minimum absolute atomic E-state index is 0.0501. The second-order valence-electron chi connectivity index (χ2n) is 6.45. The van der Waals surface area contributed by atoms with Crippen LogP contribution in [-0.2, 0) is 17.0 Å². The third-order valence-corrected chi connectivity index (χ3v) is 5.66. The molecule has 0 unspecified atom stereocenters. The number of nitro groups is 1. The van der Waals surface area contributed by atoms with Crippen molar-refractivity contribution in [2.45, 2.75) is 17.5 Å². The number of fused-ring (bicyclic) bond motifs is 3. The Hall–Kier alpha value is -3.17. The van der Waals surface area contributed by atoms with E-state index in [0.717, 1.165) is 16.5 Å². The fourth-order valence-electron chi connectivity index (χ4n) is 3.13. The molecule has 0 bridgehead atoms. The summed E-state index contributed by atoms with van der Waals surface area (Å²) in [6.45, 7) is 0.772. The average Bonchev–Trinajstić information content (AvgIpc) is 3.11. The molecule has 0 saturated carbocycles. The topological polar surface area (TPSA) is 103 Å². The second kappa shape index (κ2) is 8.06. The van der Waals surface area contributed by atoms with Gasteiger partial charge in [0.1, 0.15) is 11.0 Å². The number of aromatic nitrogens is 3. The molecular formula is C20H18N4O4S. The molecule has 29 heavy (non-hydrogen) atoms. The van der Waals surface area contributed by atoms with Crippen molar-refractivity contribution in [1.29, 1.82) is 0 Å². The third kappa shape index (κ3) is 3.74. The first-order valence-electron chi connectivity index (χ1n) is 8.95. The maximum absolute atomic E-state index is 13.1. The molecule has 4 aromatic rings. The van der Waals surface area contributed by atoms with Gasteiger partial charge in [0.25, 0.3) is 11.2 Å². The Bertz CT molecular complexity index is 1250. The lowest BCUT2D eigenvalue weighted by molar-refractivity contribution is -0.384. The van der Waals surface area contributed by atoms with Crippen LogP contribution < -0.4 is 5.56 Å². The highest BCUT2D eigenvalue weighted by Gasteiger charge is 2.16. The predicted molar refractivity (Wildman–Crippen MR) is 112 cm³/mol. The standard InChI is InChI=1S/C20H18N4O4S/c1-28-11-10-23-19(25)18-17(15-4-2-3-5-16(15)21-18)22-20(23)29-12-13-6-8-14(9-7-13)24(26)27/h2-9,21H,10-12H2,1H3. The van der Waals surface area contributed by atoms with Crippen molar-refractivity contribution in [3.8, 4) is 0 Å². The molecule has 0 atom stereocenters. The fraction of sp³-hybridized carbons (Fsp3) is 0.200. The molecule has 2 aromatic heterocycles. The monoisotopic (exact) mass is 410 g/mol. The highest BCUT2D eigenvalue weighted by atomic mass is 32.2. The van der Waals surface area contributed by atoms with Crippen molar-refractivity contribution in [2.24, 2.45) is 0 Å². The van der Waals surface area contributed by atoms with Crippen LogP contribution in [0.3, 0.4) is 0 Å². The van der Waals surface area contributed by atoms with E-state index in [9.17, 15) is 14.9 Å². The van der Waals surface area contributed by atoms with E-state index in [1.807, 2.05) is 24.3 Å². The van der Waals surface area contributed by atoms with E-state index >= 15 is 0 Å². The van der Waals surface area contributed by atoms with Gasteiger partial charge in [-0.15, -0.1) is 0 Å². The first-order valence-corrected chi connectivity index (χ1v) is 9.93. The van der Waals surface area contributed by atoms with Gasteiger partial charge in [0.2, 0.25) is 0 Å². The largest absolute Gasteiger partial charge is 0.383 e. The number of hydrogen-bond donors (Lipinski definition) is 1. The third-order valence-electron chi connectivity index (χ3n) is 4.61. The zero-order valence-electron chi connectivity index (χ0n) is 15.6. The molecule has 8 nitrogen and oxygen atoms in total. The molecule has 9 heteroatoms. The lowest BCUT2D eigenvalue weighted by atomic mass is 10.2. The molecule has 1 N–H and O–H groups in total. The fourth-order valence-corrected chi connectivity index (χ4v) is 4.10. The molecule has 0 aliphatic heterocycles. The number of H-pyrrole nitrogens is 1. The lowest BCUT2D eigenvalue weighted by Gasteiger charge is -2.11. The van der Waals surface area contributed by atoms with Crippen LogP contribution in [-0.4, -0.2) is 33.2 Å². The number of hydrogen-bond acceptors (Lipinski definition) is 6. The van der Waals surface area contributed by atoms with Gasteiger partial charge in [-0.05, 0) is 11.6 Å². The van der Waals surface area contributed by atoms with Gasteiger partial charge in [-0.1, -0.05) is 42.1 Å². The summed E-state index contributed by atoms with van der Waals surface area (Å²) in [6.07, 6.45) is 0. The van der Waals surface area contributed by atoms with Crippen molar-refractivity contribution in [3.05, 3.63) is 74.6 Å². The molecule has 2 aromatic carbocycles. The molecular weight excluding hydrogens is 392 g/mol. The van der Waals surface area contributed by atoms with E-state index in [0.29, 0.717) is 35.1 Å². The molecule has 0 saturated heterocycles. The Kier molecular flexibility index (Phi) is 5.32. The molecule has 4 rings (SSSR count). The van der Waals surface area contributed by atoms with Crippen molar-refractivity contribution in [1.82, 2.24) is 14.5 Å². The van der Waals surface area contributed by atoms with E-state index in [1.165, 1.54) is 23.9 Å². The lowest BCUT2D eigenvalue weighted by Crippen LogP contribution is -2.25. The summed E-state index contributed by atoms with van der Waals surface area (Å²) in [5.41, 5.74) is 2.80. The van der Waals surface area contributed by atoms with E-state index in [1.54, 1.807) is 23.8 Å². The number of nitro benzene ring substituents is 1. The Labute approximate surface area is 169 Å². The van der Waals surface area contributed by atoms with Crippen LogP contribution in [0.15, 0.2) is 58.5 Å². The van der Waals surface area contributed by atoms with Crippen LogP contribution in [0.2, 0.25) is 0 Å². The number of rotatable bonds is 7. The second-order valence-corrected chi connectivity index (χ2v) is 7.39. The zero-order valence-corrected chi connectivity index (χ0v) is 16.4. The quantitative estimate of drug-likeness (QED) is 0.216. The minimum Gasteiger partial charge on any atom is -0.383 e. The van der Waals surface area contributed by atoms with Gasteiger partial charge in [-0.3, -0.25) is 19.5 Å². The normalized spacial score (nSPS) is 11.3. The van der Waals surface area contributed by atoms with Gasteiger partial charge in [-0.25, -0.2) is 4.98 Å². The number of thioether (sulfide) groups is 1. The summed E-state index contributed by atoms with van der Waals surface area (Å²) < 4.78 is 6.76. The molecule has 0 fully saturated rings. The Morgan fingerprint density at radius 3 is 2.69 bits per heavy atom. The highest BCUT2D eigenvalue weighted by Crippen LogP contribution is 2.26. The first-order chi connectivity index (χ1) is 14.1. The number of nitrogens with zero attached hydrogens (tertiary/aromatic N) is 3. The van der Waals surface area contributed by atoms with Crippen LogP contribution in [0.5, 0.6) is 0 Å². The van der Waals surface area contributed by atoms with Crippen molar-refractivity contribution in [2.75, 3.05) is 13.7 Å². The number of benzene rings is 2. The summed E-state index contributed by atoms with van der Waals surface area (Å²) in [5.74, 6) is 0.533. The molecule has 2 heterocycles. The Balaban J connectivity index is 1.73. The van der Waals surface area contributed by atoms with Crippen LogP contribution in [0, 0.1) is 10.1 Å². The summed E-state index contributed by atoms with van der Waals surface area (Å²) >= 11 is 1.42. The smallest absolute Gasteiger partial charge is 0.278 e. The SMILES string of the molecule is COCCn1c(SCc2ccc([N+](=O)[O-])cc2)nc2c([nH]c3ccccc32)c1=O. The molecule has 0 radical (unpaired) electrons. The van der Waals surface area contributed by atoms with Gasteiger partial charge in [0.15, 0.2) is 5.16 Å². The summed E-state index contributed by atoms with van der Waals surface area (Å²) in [5, 5.41) is 12.3. The number of nitrogens with one attached hydrogen (secondary N) is 1. The molecule has 0 aliphatic carbocycles. The predicted octanol–water partition coefficient (Wildman–Crippen LogP) is 3.72. The van der Waals surface area contributed by atoms with E-state index < -0.39 is 4.92 Å². The van der Waals surface area contributed by atoms with Crippen LogP contribution in [0.25, 0.3) is 21.9 Å². The first kappa shape index (κ1) is 19.2. The van der Waals surface area contributed by atoms with E-state index in [4.69, 9.17) is 9.72 Å². The van der Waals surface area contributed by atoms with E-state index in [2.05, 4.69) is 4.98 Å². The summed E-state index contributed by atoms with van der Waals surface area (Å²) in [6, 6.07) is 14.1. The van der Waals surface area contributed by atoms with Crippen molar-refractivity contribution < 1.29 is 9.66 Å². The highest BCUT2D eigenvalue weighted by molar-refractivity contribution is 7.98. The zero-order chi connectivity index (χ0) is 20.4. The molecule has 0 aliphatic rings. The average molecular weight is 410 g/mol. The van der Waals surface area contributed by atoms with Crippen LogP contribution >= 0.6 is 11.8 Å². The van der Waals surface area contributed by atoms with Gasteiger partial charge in [0.05, 0.1) is 18.1 Å². The van der Waals surface area contributed by atoms with Gasteiger partial charge < -0.3 is 9.72 Å². The molecule has 0 amide bonds. The van der Waals surface area contributed by atoms with Gasteiger partial charge >= 0.3 is 0 Å². The maximum atomic E-state index is 13.1. The van der Waals surface area contributed by atoms with Crippen LogP contribution in [0.4, 0.5) is 5.69 Å². The number of aromatic amines is 1. The number of ether oxygens (including phenoxy) is 1. The Morgan fingerprint density at radius 1 is 1.21 bits per heavy atom. The van der Waals surface area contributed by atoms with Gasteiger partial charge in [0, 0.05) is 35.9 Å².